The van der Waals surface area contributed by atoms with Crippen LogP contribution in [0.5, 0.6) is 0 Å². The molecule has 0 spiro atoms. The molecule has 180 valence electrons. The highest BCUT2D eigenvalue weighted by molar-refractivity contribution is 14.0. The fourth-order valence-electron chi connectivity index (χ4n) is 4.65. The second-order valence-corrected chi connectivity index (χ2v) is 8.91. The number of nitrogens with zero attached hydrogens (tertiary/aromatic N) is 4. The Balaban J connectivity index is 0.00000363. The Labute approximate surface area is 211 Å². The number of carbonyl (C=O) groups is 1. The summed E-state index contributed by atoms with van der Waals surface area (Å²) >= 11 is 0. The Morgan fingerprint density at radius 3 is 2.28 bits per heavy atom. The van der Waals surface area contributed by atoms with E-state index in [0.29, 0.717) is 0 Å². The van der Waals surface area contributed by atoms with E-state index in [2.05, 4.69) is 52.4 Å². The summed E-state index contributed by atoms with van der Waals surface area (Å²) < 4.78 is 0. The van der Waals surface area contributed by atoms with Crippen molar-refractivity contribution < 1.29 is 4.79 Å². The molecule has 7 heteroatoms. The Bertz CT molecular complexity index is 683. The Morgan fingerprint density at radius 2 is 1.66 bits per heavy atom. The van der Waals surface area contributed by atoms with Crippen LogP contribution < -0.4 is 5.32 Å². The number of guanidine groups is 1. The summed E-state index contributed by atoms with van der Waals surface area (Å²) in [5.74, 6) is 2.02. The highest BCUT2D eigenvalue weighted by atomic mass is 127. The lowest BCUT2D eigenvalue weighted by molar-refractivity contribution is -0.130. The molecular weight excluding hydrogens is 513 g/mol. The van der Waals surface area contributed by atoms with Gasteiger partial charge in [-0.25, -0.2) is 0 Å². The normalized spacial score (nSPS) is 18.4. The van der Waals surface area contributed by atoms with Crippen LogP contribution in [-0.2, 0) is 11.2 Å². The SMILES string of the molecule is CCNC(=NCCCCN1CCC(Cc2ccccc2)CC1)N1CCN(C(C)=O)CC1.I. The number of hydrogen-bond acceptors (Lipinski definition) is 3. The highest BCUT2D eigenvalue weighted by Gasteiger charge is 2.21. The zero-order valence-corrected chi connectivity index (χ0v) is 22.3. The summed E-state index contributed by atoms with van der Waals surface area (Å²) in [6.45, 7) is 12.5. The molecule has 1 N–H and O–H groups in total. The van der Waals surface area contributed by atoms with E-state index in [0.717, 1.165) is 57.6 Å². The van der Waals surface area contributed by atoms with E-state index in [-0.39, 0.29) is 29.9 Å². The number of amides is 1. The predicted molar refractivity (Wildman–Crippen MR) is 144 cm³/mol. The molecule has 2 aliphatic rings. The second-order valence-electron chi connectivity index (χ2n) is 8.91. The van der Waals surface area contributed by atoms with E-state index in [9.17, 15) is 4.79 Å². The van der Waals surface area contributed by atoms with E-state index in [4.69, 9.17) is 4.99 Å². The van der Waals surface area contributed by atoms with Crippen LogP contribution in [-0.4, -0.2) is 85.5 Å². The van der Waals surface area contributed by atoms with Crippen LogP contribution >= 0.6 is 24.0 Å². The molecule has 2 heterocycles. The summed E-state index contributed by atoms with van der Waals surface area (Å²) in [7, 11) is 0. The molecule has 0 atom stereocenters. The molecular formula is C25H42IN5O. The maximum Gasteiger partial charge on any atom is 0.219 e. The summed E-state index contributed by atoms with van der Waals surface area (Å²) in [4.78, 5) is 23.2. The van der Waals surface area contributed by atoms with Crippen molar-refractivity contribution in [2.45, 2.75) is 46.0 Å². The first-order chi connectivity index (χ1) is 15.2. The van der Waals surface area contributed by atoms with Gasteiger partial charge in [-0.15, -0.1) is 24.0 Å². The minimum absolute atomic E-state index is 0. The minimum Gasteiger partial charge on any atom is -0.357 e. The van der Waals surface area contributed by atoms with E-state index in [1.54, 1.807) is 6.92 Å². The summed E-state index contributed by atoms with van der Waals surface area (Å²) in [6, 6.07) is 10.9. The van der Waals surface area contributed by atoms with Crippen molar-refractivity contribution in [3.8, 4) is 0 Å². The number of unbranched alkanes of at least 4 members (excludes halogenated alkanes) is 1. The van der Waals surface area contributed by atoms with Gasteiger partial charge in [0, 0.05) is 46.2 Å². The lowest BCUT2D eigenvalue weighted by Crippen LogP contribution is -2.53. The van der Waals surface area contributed by atoms with Crippen molar-refractivity contribution in [2.75, 3.05) is 58.9 Å². The van der Waals surface area contributed by atoms with Crippen LogP contribution in [0, 0.1) is 5.92 Å². The number of benzene rings is 1. The smallest absolute Gasteiger partial charge is 0.219 e. The van der Waals surface area contributed by atoms with Gasteiger partial charge in [-0.05, 0) is 70.1 Å². The van der Waals surface area contributed by atoms with Gasteiger partial charge < -0.3 is 20.0 Å². The Hall–Kier alpha value is -1.35. The van der Waals surface area contributed by atoms with Crippen LogP contribution in [0.3, 0.4) is 0 Å². The first kappa shape index (κ1) is 26.9. The number of piperidine rings is 1. The van der Waals surface area contributed by atoms with Crippen molar-refractivity contribution >= 4 is 35.8 Å². The number of aliphatic imine (C=N–C) groups is 1. The molecule has 32 heavy (non-hydrogen) atoms. The van der Waals surface area contributed by atoms with Gasteiger partial charge >= 0.3 is 0 Å². The molecule has 0 radical (unpaired) electrons. The molecule has 0 bridgehead atoms. The average molecular weight is 556 g/mol. The number of carbonyl (C=O) groups excluding carboxylic acids is 1. The average Bonchev–Trinajstić information content (AvgIpc) is 2.80. The first-order valence-electron chi connectivity index (χ1n) is 12.2. The van der Waals surface area contributed by atoms with Crippen molar-refractivity contribution in [3.63, 3.8) is 0 Å². The minimum atomic E-state index is 0. The van der Waals surface area contributed by atoms with Gasteiger partial charge in [0.1, 0.15) is 0 Å². The molecule has 0 aromatic heterocycles. The molecule has 1 amide bonds. The van der Waals surface area contributed by atoms with E-state index >= 15 is 0 Å². The Morgan fingerprint density at radius 1 is 1.00 bits per heavy atom. The third-order valence-electron chi connectivity index (χ3n) is 6.58. The van der Waals surface area contributed by atoms with Crippen LogP contribution in [0.25, 0.3) is 0 Å². The van der Waals surface area contributed by atoms with E-state index in [1.807, 2.05) is 4.90 Å². The zero-order valence-electron chi connectivity index (χ0n) is 20.0. The molecule has 0 unspecified atom stereocenters. The van der Waals surface area contributed by atoms with Gasteiger partial charge in [-0.1, -0.05) is 30.3 Å². The van der Waals surface area contributed by atoms with Crippen LogP contribution in [0.2, 0.25) is 0 Å². The number of rotatable bonds is 8. The van der Waals surface area contributed by atoms with E-state index in [1.165, 1.54) is 50.9 Å². The Kier molecular flexibility index (Phi) is 12.4. The van der Waals surface area contributed by atoms with Crippen molar-refractivity contribution in [1.29, 1.82) is 0 Å². The predicted octanol–water partition coefficient (Wildman–Crippen LogP) is 3.47. The number of likely N-dealkylation sites (tertiary alicyclic amines) is 1. The molecule has 6 nitrogen and oxygen atoms in total. The van der Waals surface area contributed by atoms with Crippen LogP contribution in [0.15, 0.2) is 35.3 Å². The first-order valence-corrected chi connectivity index (χ1v) is 12.2. The van der Waals surface area contributed by atoms with Crippen molar-refractivity contribution in [2.24, 2.45) is 10.9 Å². The maximum atomic E-state index is 11.5. The van der Waals surface area contributed by atoms with Gasteiger partial charge in [0.25, 0.3) is 0 Å². The topological polar surface area (TPSA) is 51.2 Å². The zero-order chi connectivity index (χ0) is 21.9. The van der Waals surface area contributed by atoms with Gasteiger partial charge in [0.15, 0.2) is 5.96 Å². The largest absolute Gasteiger partial charge is 0.357 e. The standard InChI is InChI=1S/C25H41N5O.HI/c1-3-26-25(30-19-17-29(18-20-30)22(2)31)27-13-7-8-14-28-15-11-24(12-16-28)21-23-9-5-4-6-10-23;/h4-6,9-10,24H,3,7-8,11-21H2,1-2H3,(H,26,27);1H. The molecule has 2 fully saturated rings. The summed E-state index contributed by atoms with van der Waals surface area (Å²) in [6.07, 6.45) is 6.22. The molecule has 0 aliphatic carbocycles. The molecule has 0 saturated carbocycles. The summed E-state index contributed by atoms with van der Waals surface area (Å²) in [5.41, 5.74) is 1.48. The quantitative estimate of drug-likeness (QED) is 0.231. The molecule has 1 aromatic rings. The van der Waals surface area contributed by atoms with Gasteiger partial charge in [0.2, 0.25) is 5.91 Å². The van der Waals surface area contributed by atoms with Crippen LogP contribution in [0.4, 0.5) is 0 Å². The third-order valence-corrected chi connectivity index (χ3v) is 6.58. The van der Waals surface area contributed by atoms with Crippen LogP contribution in [0.1, 0.15) is 45.1 Å². The maximum absolute atomic E-state index is 11.5. The number of halogens is 1. The van der Waals surface area contributed by atoms with Gasteiger partial charge in [0.05, 0.1) is 0 Å². The highest BCUT2D eigenvalue weighted by Crippen LogP contribution is 2.21. The summed E-state index contributed by atoms with van der Waals surface area (Å²) in [5, 5.41) is 3.42. The molecule has 2 aliphatic heterocycles. The number of hydrogen-bond donors (Lipinski definition) is 1. The van der Waals surface area contributed by atoms with Gasteiger partial charge in [-0.3, -0.25) is 9.79 Å². The molecule has 2 saturated heterocycles. The van der Waals surface area contributed by atoms with Crippen molar-refractivity contribution in [1.82, 2.24) is 20.0 Å². The fourth-order valence-corrected chi connectivity index (χ4v) is 4.65. The lowest BCUT2D eigenvalue weighted by Gasteiger charge is -2.36. The number of nitrogens with one attached hydrogen (secondary N) is 1. The fraction of sp³-hybridized carbons (Fsp3) is 0.680. The third kappa shape index (κ3) is 8.89. The van der Waals surface area contributed by atoms with E-state index < -0.39 is 0 Å². The molecule has 3 rings (SSSR count). The molecule has 1 aromatic carbocycles. The number of piperazine rings is 1. The second kappa shape index (κ2) is 14.7. The monoisotopic (exact) mass is 555 g/mol. The van der Waals surface area contributed by atoms with Crippen molar-refractivity contribution in [3.05, 3.63) is 35.9 Å². The lowest BCUT2D eigenvalue weighted by atomic mass is 9.90. The van der Waals surface area contributed by atoms with Gasteiger partial charge in [-0.2, -0.15) is 0 Å².